The summed E-state index contributed by atoms with van der Waals surface area (Å²) in [7, 11) is -2.95. The lowest BCUT2D eigenvalue weighted by Crippen LogP contribution is -2.63. The fourth-order valence-electron chi connectivity index (χ4n) is 6.04. The molecule has 0 radical (unpaired) electrons. The summed E-state index contributed by atoms with van der Waals surface area (Å²) < 4.78 is 0. The molecule has 0 bridgehead atoms. The van der Waals surface area contributed by atoms with E-state index in [0.717, 1.165) is 19.3 Å². The van der Waals surface area contributed by atoms with E-state index in [2.05, 4.69) is 166 Å². The third-order valence-electron chi connectivity index (χ3n) is 8.87. The molecule has 0 nitrogen and oxygen atoms in total. The number of benzene rings is 6. The van der Waals surface area contributed by atoms with Gasteiger partial charge in [-0.15, -0.1) is 11.1 Å². The molecule has 0 saturated heterocycles. The molecular weight excluding hydrogens is 568 g/mol. The van der Waals surface area contributed by atoms with Crippen molar-refractivity contribution in [2.45, 2.75) is 40.0 Å². The maximum atomic E-state index is 8.18. The van der Waals surface area contributed by atoms with E-state index < -0.39 is 7.38 Å². The van der Waals surface area contributed by atoms with E-state index in [9.17, 15) is 0 Å². The third-order valence-corrected chi connectivity index (χ3v) is 14.2. The Morgan fingerprint density at radius 2 is 0.636 bits per heavy atom. The van der Waals surface area contributed by atoms with E-state index in [1.54, 1.807) is 0 Å². The molecule has 0 aliphatic carbocycles. The summed E-state index contributed by atoms with van der Waals surface area (Å²) in [6.45, 7) is 6.59. The van der Waals surface area contributed by atoms with E-state index in [-0.39, 0.29) is 0 Å². The molecule has 0 saturated carbocycles. The molecule has 44 heavy (non-hydrogen) atoms. The second-order valence-electron chi connectivity index (χ2n) is 11.6. The van der Waals surface area contributed by atoms with Gasteiger partial charge in [-0.25, -0.2) is 0 Å². The Balaban J connectivity index is 1.51. The average Bonchev–Trinajstić information content (AvgIpc) is 3.11. The van der Waals surface area contributed by atoms with Crippen molar-refractivity contribution in [1.82, 2.24) is 0 Å². The molecule has 0 unspecified atom stereocenters. The van der Waals surface area contributed by atoms with Gasteiger partial charge in [-0.2, -0.15) is 0 Å². The van der Waals surface area contributed by atoms with Crippen molar-refractivity contribution in [3.63, 3.8) is 0 Å². The van der Waals surface area contributed by atoms with Crippen LogP contribution in [0.4, 0.5) is 0 Å². The molecule has 0 aliphatic rings. The smallest absolute Gasteiger partial charge is 0.149 e. The van der Waals surface area contributed by atoms with Gasteiger partial charge in [0, 0.05) is 0 Å². The summed E-state index contributed by atoms with van der Waals surface area (Å²) in [5.74, 6) is 0. The van der Waals surface area contributed by atoms with Gasteiger partial charge in [0.15, 0.2) is 0 Å². The van der Waals surface area contributed by atoms with E-state index in [0.29, 0.717) is 0 Å². The summed E-state index contributed by atoms with van der Waals surface area (Å²) in [6, 6.07) is 53.6. The van der Waals surface area contributed by atoms with Crippen LogP contribution in [0.25, 0.3) is 33.4 Å². The van der Waals surface area contributed by atoms with Gasteiger partial charge in [0.05, 0.1) is 0 Å². The second-order valence-corrected chi connectivity index (χ2v) is 16.3. The number of hydrogen-bond donors (Lipinski definition) is 0. The molecule has 0 fully saturated rings. The highest BCUT2D eigenvalue weighted by atomic mass is 35.6. The molecule has 0 spiro atoms. The molecular formula is C42H39ClSi. The van der Waals surface area contributed by atoms with Crippen LogP contribution in [0.5, 0.6) is 0 Å². The van der Waals surface area contributed by atoms with E-state index >= 15 is 0 Å². The van der Waals surface area contributed by atoms with Crippen LogP contribution in [0.1, 0.15) is 37.5 Å². The van der Waals surface area contributed by atoms with Gasteiger partial charge in [-0.1, -0.05) is 166 Å². The molecule has 0 N–H and O–H groups in total. The van der Waals surface area contributed by atoms with E-state index in [1.165, 1.54) is 65.6 Å². The molecule has 218 valence electrons. The first-order chi connectivity index (χ1) is 21.5. The van der Waals surface area contributed by atoms with Gasteiger partial charge in [0.25, 0.3) is 0 Å². The lowest BCUT2D eigenvalue weighted by atomic mass is 10.0. The quantitative estimate of drug-likeness (QED) is 0.0873. The maximum absolute atomic E-state index is 8.18. The van der Waals surface area contributed by atoms with Crippen LogP contribution in [-0.2, 0) is 19.3 Å². The third kappa shape index (κ3) is 6.08. The summed E-state index contributed by atoms with van der Waals surface area (Å²) in [6.07, 6.45) is 3.10. The van der Waals surface area contributed by atoms with Crippen molar-refractivity contribution in [2.75, 3.05) is 0 Å². The molecule has 0 amide bonds. The Hall–Kier alpha value is -4.17. The lowest BCUT2D eigenvalue weighted by molar-refractivity contribution is 1.14. The Morgan fingerprint density at radius 1 is 0.364 bits per heavy atom. The van der Waals surface area contributed by atoms with Gasteiger partial charge in [0.2, 0.25) is 7.38 Å². The SMILES string of the molecule is CCc1ccc(-c2cccc([Si](Cl)(c3cccc(-c4ccc(CC)cc4)c3)c3cccc(-c4ccc(CC)cc4)c3)c2)cc1. The lowest BCUT2D eigenvalue weighted by Gasteiger charge is -2.28. The van der Waals surface area contributed by atoms with Crippen molar-refractivity contribution in [3.05, 3.63) is 162 Å². The van der Waals surface area contributed by atoms with Gasteiger partial charge in [-0.05, 0) is 84.9 Å². The molecule has 2 heteroatoms. The minimum atomic E-state index is -2.95. The largest absolute Gasteiger partial charge is 0.248 e. The Morgan fingerprint density at radius 3 is 0.886 bits per heavy atom. The first-order valence-electron chi connectivity index (χ1n) is 15.8. The summed E-state index contributed by atoms with van der Waals surface area (Å²) >= 11 is 8.18. The van der Waals surface area contributed by atoms with Gasteiger partial charge in [-0.3, -0.25) is 0 Å². The van der Waals surface area contributed by atoms with Crippen molar-refractivity contribution in [3.8, 4) is 33.4 Å². The highest BCUT2D eigenvalue weighted by molar-refractivity contribution is 7.40. The minimum absolute atomic E-state index is 1.03. The first-order valence-corrected chi connectivity index (χ1v) is 18.8. The zero-order chi connectivity index (χ0) is 30.5. The minimum Gasteiger partial charge on any atom is -0.149 e. The van der Waals surface area contributed by atoms with Crippen LogP contribution >= 0.6 is 11.1 Å². The van der Waals surface area contributed by atoms with Gasteiger partial charge in [0.1, 0.15) is 0 Å². The highest BCUT2D eigenvalue weighted by Crippen LogP contribution is 2.26. The predicted octanol–water partition coefficient (Wildman–Crippen LogP) is 9.58. The normalized spacial score (nSPS) is 11.5. The van der Waals surface area contributed by atoms with Crippen LogP contribution in [-0.4, -0.2) is 7.38 Å². The molecule has 0 heterocycles. The number of hydrogen-bond acceptors (Lipinski definition) is 0. The molecule has 6 rings (SSSR count). The van der Waals surface area contributed by atoms with Crippen molar-refractivity contribution < 1.29 is 0 Å². The number of aryl methyl sites for hydroxylation is 3. The molecule has 0 atom stereocenters. The van der Waals surface area contributed by atoms with Crippen LogP contribution < -0.4 is 15.6 Å². The Bertz CT molecular complexity index is 1630. The number of rotatable bonds is 9. The van der Waals surface area contributed by atoms with Crippen LogP contribution in [0.3, 0.4) is 0 Å². The molecule has 6 aromatic carbocycles. The molecule has 6 aromatic rings. The highest BCUT2D eigenvalue weighted by Gasteiger charge is 2.38. The second kappa shape index (κ2) is 13.2. The number of halogens is 1. The zero-order valence-electron chi connectivity index (χ0n) is 25.9. The Labute approximate surface area is 268 Å². The van der Waals surface area contributed by atoms with Crippen molar-refractivity contribution in [2.24, 2.45) is 0 Å². The van der Waals surface area contributed by atoms with Crippen molar-refractivity contribution >= 4 is 34.0 Å². The molecule has 0 aromatic heterocycles. The summed E-state index contributed by atoms with van der Waals surface area (Å²) in [4.78, 5) is 0. The van der Waals surface area contributed by atoms with Crippen LogP contribution in [0, 0.1) is 0 Å². The summed E-state index contributed by atoms with van der Waals surface area (Å²) in [5.41, 5.74) is 11.3. The average molecular weight is 607 g/mol. The zero-order valence-corrected chi connectivity index (χ0v) is 27.6. The maximum Gasteiger partial charge on any atom is 0.248 e. The monoisotopic (exact) mass is 606 g/mol. The van der Waals surface area contributed by atoms with Gasteiger partial charge >= 0.3 is 0 Å². The van der Waals surface area contributed by atoms with Crippen LogP contribution in [0.2, 0.25) is 0 Å². The van der Waals surface area contributed by atoms with Crippen LogP contribution in [0.15, 0.2) is 146 Å². The van der Waals surface area contributed by atoms with Crippen molar-refractivity contribution in [1.29, 1.82) is 0 Å². The first kappa shape index (κ1) is 29.9. The fourth-order valence-corrected chi connectivity index (χ4v) is 10.1. The van der Waals surface area contributed by atoms with E-state index in [4.69, 9.17) is 11.1 Å². The standard InChI is InChI=1S/C42H39ClSi/c1-4-31-16-22-34(23-17-31)37-10-7-13-40(28-37)44(43,41-14-8-11-38(29-41)35-24-18-32(5-2)19-25-35)42-15-9-12-39(30-42)36-26-20-33(6-3)21-27-36/h7-30H,4-6H2,1-3H3. The Kier molecular flexibility index (Phi) is 8.98. The topological polar surface area (TPSA) is 0 Å². The molecule has 0 aliphatic heterocycles. The summed E-state index contributed by atoms with van der Waals surface area (Å²) in [5, 5.41) is 3.56. The fraction of sp³-hybridized carbons (Fsp3) is 0.143. The van der Waals surface area contributed by atoms with E-state index in [1.807, 2.05) is 0 Å². The predicted molar refractivity (Wildman–Crippen MR) is 194 cm³/mol. The van der Waals surface area contributed by atoms with Gasteiger partial charge < -0.3 is 0 Å².